The Hall–Kier alpha value is -3.48. The molecule has 7 nitrogen and oxygen atoms in total. The van der Waals surface area contributed by atoms with Crippen LogP contribution < -0.4 is 0 Å². The molecular formula is C22H21N3O4. The molecule has 1 amide bonds. The highest BCUT2D eigenvalue weighted by atomic mass is 16.5. The molecule has 1 aliphatic rings. The monoisotopic (exact) mass is 391 g/mol. The van der Waals surface area contributed by atoms with E-state index in [0.29, 0.717) is 19.0 Å². The molecule has 1 aromatic heterocycles. The van der Waals surface area contributed by atoms with Gasteiger partial charge < -0.3 is 14.1 Å². The fourth-order valence-corrected chi connectivity index (χ4v) is 3.31. The number of benzene rings is 2. The molecule has 0 radical (unpaired) electrons. The van der Waals surface area contributed by atoms with Crippen molar-refractivity contribution < 1.29 is 18.7 Å². The average molecular weight is 391 g/mol. The number of rotatable bonds is 7. The molecule has 1 saturated heterocycles. The van der Waals surface area contributed by atoms with Crippen LogP contribution >= 0.6 is 0 Å². The fraction of sp³-hybridized carbons (Fsp3) is 0.273. The van der Waals surface area contributed by atoms with E-state index in [1.54, 1.807) is 4.90 Å². The van der Waals surface area contributed by atoms with Crippen LogP contribution in [-0.4, -0.2) is 40.1 Å². The molecule has 1 unspecified atom stereocenters. The summed E-state index contributed by atoms with van der Waals surface area (Å²) in [6.45, 7) is 0.869. The topological polar surface area (TPSA) is 85.5 Å². The SMILES string of the molecule is O=C(OCc1nnc(-c2ccccc2)o1)C1CC(=O)N(CCc2ccccc2)C1. The molecule has 0 spiro atoms. The summed E-state index contributed by atoms with van der Waals surface area (Å²) in [7, 11) is 0. The van der Waals surface area contributed by atoms with Gasteiger partial charge in [0.25, 0.3) is 5.89 Å². The molecule has 1 aliphatic heterocycles. The Labute approximate surface area is 168 Å². The van der Waals surface area contributed by atoms with Crippen LogP contribution in [0.1, 0.15) is 17.9 Å². The van der Waals surface area contributed by atoms with Crippen molar-refractivity contribution in [2.24, 2.45) is 5.92 Å². The number of esters is 1. The summed E-state index contributed by atoms with van der Waals surface area (Å²) in [6.07, 6.45) is 0.936. The maximum absolute atomic E-state index is 12.4. The largest absolute Gasteiger partial charge is 0.455 e. The van der Waals surface area contributed by atoms with E-state index in [1.165, 1.54) is 0 Å². The third kappa shape index (κ3) is 4.68. The first-order valence-corrected chi connectivity index (χ1v) is 9.55. The predicted molar refractivity (Wildman–Crippen MR) is 104 cm³/mol. The first-order chi connectivity index (χ1) is 14.2. The number of ether oxygens (including phenoxy) is 1. The van der Waals surface area contributed by atoms with Gasteiger partial charge in [0.05, 0.1) is 5.92 Å². The Morgan fingerprint density at radius 3 is 2.55 bits per heavy atom. The highest BCUT2D eigenvalue weighted by Gasteiger charge is 2.35. The van der Waals surface area contributed by atoms with Crippen LogP contribution in [0.15, 0.2) is 65.1 Å². The zero-order valence-corrected chi connectivity index (χ0v) is 15.9. The van der Waals surface area contributed by atoms with E-state index in [-0.39, 0.29) is 24.8 Å². The second-order valence-corrected chi connectivity index (χ2v) is 6.95. The van der Waals surface area contributed by atoms with Crippen LogP contribution in [0.25, 0.3) is 11.5 Å². The molecule has 3 aromatic rings. The summed E-state index contributed by atoms with van der Waals surface area (Å²) in [5.41, 5.74) is 1.96. The van der Waals surface area contributed by atoms with E-state index >= 15 is 0 Å². The van der Waals surface area contributed by atoms with Gasteiger partial charge in [-0.05, 0) is 24.1 Å². The molecule has 1 fully saturated rings. The minimum atomic E-state index is -0.463. The van der Waals surface area contributed by atoms with Crippen molar-refractivity contribution in [2.45, 2.75) is 19.4 Å². The molecule has 0 aliphatic carbocycles. The number of hydrogen-bond donors (Lipinski definition) is 0. The van der Waals surface area contributed by atoms with Gasteiger partial charge in [-0.25, -0.2) is 0 Å². The van der Waals surface area contributed by atoms with Crippen molar-refractivity contribution in [1.82, 2.24) is 15.1 Å². The lowest BCUT2D eigenvalue weighted by atomic mass is 10.1. The Bertz CT molecular complexity index is 972. The van der Waals surface area contributed by atoms with Crippen molar-refractivity contribution in [3.63, 3.8) is 0 Å². The van der Waals surface area contributed by atoms with Crippen molar-refractivity contribution >= 4 is 11.9 Å². The first kappa shape index (κ1) is 18.9. The lowest BCUT2D eigenvalue weighted by Crippen LogP contribution is -2.28. The predicted octanol–water partition coefficient (Wildman–Crippen LogP) is 2.87. The molecular weight excluding hydrogens is 370 g/mol. The molecule has 29 heavy (non-hydrogen) atoms. The maximum atomic E-state index is 12.4. The number of nitrogens with zero attached hydrogens (tertiary/aromatic N) is 3. The zero-order valence-electron chi connectivity index (χ0n) is 15.9. The van der Waals surface area contributed by atoms with Gasteiger partial charge in [0.15, 0.2) is 6.61 Å². The summed E-state index contributed by atoms with van der Waals surface area (Å²) in [4.78, 5) is 26.3. The summed E-state index contributed by atoms with van der Waals surface area (Å²) in [5.74, 6) is -0.302. The molecule has 7 heteroatoms. The Morgan fingerprint density at radius 1 is 1.07 bits per heavy atom. The molecule has 0 bridgehead atoms. The summed E-state index contributed by atoms with van der Waals surface area (Å²) in [6, 6.07) is 19.3. The van der Waals surface area contributed by atoms with Crippen molar-refractivity contribution in [3.8, 4) is 11.5 Å². The second kappa shape index (κ2) is 8.68. The van der Waals surface area contributed by atoms with Gasteiger partial charge in [0.1, 0.15) is 0 Å². The fourth-order valence-electron chi connectivity index (χ4n) is 3.31. The molecule has 0 N–H and O–H groups in total. The number of carbonyl (C=O) groups is 2. The summed E-state index contributed by atoms with van der Waals surface area (Å²) >= 11 is 0. The van der Waals surface area contributed by atoms with E-state index in [4.69, 9.17) is 9.15 Å². The van der Waals surface area contributed by atoms with Crippen molar-refractivity contribution in [3.05, 3.63) is 72.1 Å². The molecule has 0 saturated carbocycles. The van der Waals surface area contributed by atoms with Crippen LogP contribution in [0, 0.1) is 5.92 Å². The first-order valence-electron chi connectivity index (χ1n) is 9.55. The molecule has 2 heterocycles. The normalized spacial score (nSPS) is 16.2. The van der Waals surface area contributed by atoms with E-state index in [2.05, 4.69) is 10.2 Å². The van der Waals surface area contributed by atoms with Gasteiger partial charge >= 0.3 is 5.97 Å². The summed E-state index contributed by atoms with van der Waals surface area (Å²) < 4.78 is 10.8. The smallest absolute Gasteiger partial charge is 0.311 e. The quantitative estimate of drug-likeness (QED) is 0.576. The number of aromatic nitrogens is 2. The highest BCUT2D eigenvalue weighted by molar-refractivity contribution is 5.86. The van der Waals surface area contributed by atoms with Crippen LogP contribution in [0.5, 0.6) is 0 Å². The number of hydrogen-bond acceptors (Lipinski definition) is 6. The highest BCUT2D eigenvalue weighted by Crippen LogP contribution is 2.21. The van der Waals surface area contributed by atoms with E-state index in [0.717, 1.165) is 17.5 Å². The zero-order chi connectivity index (χ0) is 20.1. The van der Waals surface area contributed by atoms with Gasteiger partial charge in [0.2, 0.25) is 11.8 Å². The number of likely N-dealkylation sites (tertiary alicyclic amines) is 1. The van der Waals surface area contributed by atoms with E-state index in [1.807, 2.05) is 60.7 Å². The van der Waals surface area contributed by atoms with Crippen LogP contribution in [0.3, 0.4) is 0 Å². The standard InChI is InChI=1S/C22H21N3O4/c26-20-13-18(14-25(20)12-11-16-7-3-1-4-8-16)22(27)28-15-19-23-24-21(29-19)17-9-5-2-6-10-17/h1-10,18H,11-15H2. The second-order valence-electron chi connectivity index (χ2n) is 6.95. The molecule has 2 aromatic carbocycles. The van der Waals surface area contributed by atoms with Gasteiger partial charge in [0, 0.05) is 25.1 Å². The summed E-state index contributed by atoms with van der Waals surface area (Å²) in [5, 5.41) is 7.88. The molecule has 4 rings (SSSR count). The third-order valence-corrected chi connectivity index (χ3v) is 4.89. The van der Waals surface area contributed by atoms with Gasteiger partial charge in [-0.3, -0.25) is 9.59 Å². The van der Waals surface area contributed by atoms with Gasteiger partial charge in [-0.1, -0.05) is 48.5 Å². The Balaban J connectivity index is 1.27. The lowest BCUT2D eigenvalue weighted by Gasteiger charge is -2.16. The average Bonchev–Trinajstić information content (AvgIpc) is 3.39. The van der Waals surface area contributed by atoms with Gasteiger partial charge in [-0.2, -0.15) is 0 Å². The molecule has 148 valence electrons. The van der Waals surface area contributed by atoms with Crippen LogP contribution in [-0.2, 0) is 27.4 Å². The van der Waals surface area contributed by atoms with Crippen molar-refractivity contribution in [2.75, 3.05) is 13.1 Å². The lowest BCUT2D eigenvalue weighted by molar-refractivity contribution is -0.150. The van der Waals surface area contributed by atoms with Gasteiger partial charge in [-0.15, -0.1) is 10.2 Å². The minimum Gasteiger partial charge on any atom is -0.455 e. The van der Waals surface area contributed by atoms with Crippen LogP contribution in [0.2, 0.25) is 0 Å². The Morgan fingerprint density at radius 2 is 1.79 bits per heavy atom. The Kier molecular flexibility index (Phi) is 5.65. The maximum Gasteiger partial charge on any atom is 0.311 e. The minimum absolute atomic E-state index is 0.0213. The van der Waals surface area contributed by atoms with E-state index < -0.39 is 11.9 Å². The van der Waals surface area contributed by atoms with Crippen molar-refractivity contribution in [1.29, 1.82) is 0 Å². The number of carbonyl (C=O) groups excluding carboxylic acids is 2. The number of amides is 1. The van der Waals surface area contributed by atoms with Crippen LogP contribution in [0.4, 0.5) is 0 Å². The molecule has 1 atom stereocenters. The third-order valence-electron chi connectivity index (χ3n) is 4.89. The van der Waals surface area contributed by atoms with E-state index in [9.17, 15) is 9.59 Å².